The predicted octanol–water partition coefficient (Wildman–Crippen LogP) is 1.53. The predicted molar refractivity (Wildman–Crippen MR) is 97.6 cm³/mol. The zero-order valence-corrected chi connectivity index (χ0v) is 15.8. The number of ether oxygens (including phenoxy) is 1. The standard InChI is InChI=1S/C19H29N3O3/c1-12(2)21-18(23)10-16-19(24)20-8-9-22(16)11-15-6-7-17(25-5)14(4)13(15)3/h6-7,12,16H,8-11H2,1-5H3,(H,20,24)(H,21,23). The molecule has 1 heterocycles. The maximum absolute atomic E-state index is 12.3. The minimum absolute atomic E-state index is 0.0686. The van der Waals surface area contributed by atoms with Crippen LogP contribution in [-0.2, 0) is 16.1 Å². The molecule has 138 valence electrons. The zero-order valence-electron chi connectivity index (χ0n) is 15.8. The summed E-state index contributed by atoms with van der Waals surface area (Å²) in [6.07, 6.45) is 0.179. The third-order valence-corrected chi connectivity index (χ3v) is 4.71. The van der Waals surface area contributed by atoms with Gasteiger partial charge in [0.05, 0.1) is 19.6 Å². The monoisotopic (exact) mass is 347 g/mol. The first kappa shape index (κ1) is 19.2. The van der Waals surface area contributed by atoms with Gasteiger partial charge in [-0.25, -0.2) is 0 Å². The summed E-state index contributed by atoms with van der Waals surface area (Å²) >= 11 is 0. The lowest BCUT2D eigenvalue weighted by atomic mass is 10.00. The molecule has 1 aliphatic heterocycles. The van der Waals surface area contributed by atoms with Gasteiger partial charge in [0, 0.05) is 25.7 Å². The summed E-state index contributed by atoms with van der Waals surface area (Å²) in [6.45, 7) is 9.92. The fourth-order valence-electron chi connectivity index (χ4n) is 3.19. The number of carbonyl (C=O) groups is 2. The highest BCUT2D eigenvalue weighted by atomic mass is 16.5. The van der Waals surface area contributed by atoms with Crippen LogP contribution >= 0.6 is 0 Å². The SMILES string of the molecule is COc1ccc(CN2CCNC(=O)C2CC(=O)NC(C)C)c(C)c1C. The Morgan fingerprint density at radius 1 is 1.36 bits per heavy atom. The molecule has 1 aromatic carbocycles. The smallest absolute Gasteiger partial charge is 0.237 e. The van der Waals surface area contributed by atoms with E-state index in [0.717, 1.165) is 29.0 Å². The number of nitrogens with one attached hydrogen (secondary N) is 2. The molecule has 2 N–H and O–H groups in total. The molecular weight excluding hydrogens is 318 g/mol. The van der Waals surface area contributed by atoms with Gasteiger partial charge < -0.3 is 15.4 Å². The summed E-state index contributed by atoms with van der Waals surface area (Å²) in [5.41, 5.74) is 3.42. The van der Waals surface area contributed by atoms with Crippen LogP contribution in [-0.4, -0.2) is 49.0 Å². The molecule has 1 atom stereocenters. The highest BCUT2D eigenvalue weighted by molar-refractivity contribution is 5.88. The van der Waals surface area contributed by atoms with Crippen molar-refractivity contribution in [1.29, 1.82) is 0 Å². The number of hydrogen-bond donors (Lipinski definition) is 2. The number of amides is 2. The summed E-state index contributed by atoms with van der Waals surface area (Å²) in [5, 5.41) is 5.74. The van der Waals surface area contributed by atoms with Gasteiger partial charge in [-0.15, -0.1) is 0 Å². The van der Waals surface area contributed by atoms with Crippen LogP contribution in [0, 0.1) is 13.8 Å². The second-order valence-corrected chi connectivity index (χ2v) is 6.88. The second-order valence-electron chi connectivity index (χ2n) is 6.88. The molecule has 1 aliphatic rings. The lowest BCUT2D eigenvalue weighted by molar-refractivity contribution is -0.134. The van der Waals surface area contributed by atoms with Crippen LogP contribution in [0.1, 0.15) is 37.0 Å². The van der Waals surface area contributed by atoms with Crippen molar-refractivity contribution in [2.75, 3.05) is 20.2 Å². The normalized spacial score (nSPS) is 18.2. The Morgan fingerprint density at radius 3 is 2.72 bits per heavy atom. The van der Waals surface area contributed by atoms with Crippen LogP contribution < -0.4 is 15.4 Å². The molecule has 0 radical (unpaired) electrons. The lowest BCUT2D eigenvalue weighted by Gasteiger charge is -2.35. The first-order valence-electron chi connectivity index (χ1n) is 8.77. The molecular formula is C19H29N3O3. The van der Waals surface area contributed by atoms with Crippen LogP contribution in [0.25, 0.3) is 0 Å². The van der Waals surface area contributed by atoms with Crippen molar-refractivity contribution < 1.29 is 14.3 Å². The molecule has 0 saturated carbocycles. The number of benzene rings is 1. The minimum Gasteiger partial charge on any atom is -0.496 e. The maximum atomic E-state index is 12.3. The van der Waals surface area contributed by atoms with E-state index < -0.39 is 6.04 Å². The van der Waals surface area contributed by atoms with Crippen molar-refractivity contribution in [3.8, 4) is 5.75 Å². The molecule has 1 aromatic rings. The molecule has 2 amide bonds. The molecule has 25 heavy (non-hydrogen) atoms. The topological polar surface area (TPSA) is 70.7 Å². The summed E-state index contributed by atoms with van der Waals surface area (Å²) in [5.74, 6) is 0.697. The van der Waals surface area contributed by atoms with Crippen LogP contribution in [0.3, 0.4) is 0 Å². The average molecular weight is 347 g/mol. The molecule has 0 bridgehead atoms. The van der Waals surface area contributed by atoms with E-state index >= 15 is 0 Å². The van der Waals surface area contributed by atoms with Crippen molar-refractivity contribution in [3.63, 3.8) is 0 Å². The van der Waals surface area contributed by atoms with Gasteiger partial charge in [0.15, 0.2) is 0 Å². The highest BCUT2D eigenvalue weighted by Gasteiger charge is 2.32. The van der Waals surface area contributed by atoms with Crippen molar-refractivity contribution in [2.24, 2.45) is 0 Å². The van der Waals surface area contributed by atoms with Gasteiger partial charge in [-0.1, -0.05) is 6.07 Å². The minimum atomic E-state index is -0.436. The van der Waals surface area contributed by atoms with Crippen molar-refractivity contribution in [2.45, 2.75) is 52.7 Å². The summed E-state index contributed by atoms with van der Waals surface area (Å²) < 4.78 is 5.37. The van der Waals surface area contributed by atoms with Gasteiger partial charge in [-0.05, 0) is 50.5 Å². The van der Waals surface area contributed by atoms with Crippen molar-refractivity contribution >= 4 is 11.8 Å². The zero-order chi connectivity index (χ0) is 18.6. The van der Waals surface area contributed by atoms with Gasteiger partial charge in [-0.3, -0.25) is 14.5 Å². The second kappa shape index (κ2) is 8.34. The lowest BCUT2D eigenvalue weighted by Crippen LogP contribution is -2.56. The van der Waals surface area contributed by atoms with Gasteiger partial charge in [-0.2, -0.15) is 0 Å². The molecule has 2 rings (SSSR count). The van der Waals surface area contributed by atoms with Gasteiger partial charge in [0.1, 0.15) is 5.75 Å². The van der Waals surface area contributed by atoms with Crippen LogP contribution in [0.15, 0.2) is 12.1 Å². The third kappa shape index (κ3) is 4.72. The molecule has 1 fully saturated rings. The van der Waals surface area contributed by atoms with Crippen LogP contribution in [0.2, 0.25) is 0 Å². The number of rotatable bonds is 6. The van der Waals surface area contributed by atoms with E-state index in [2.05, 4.69) is 22.5 Å². The van der Waals surface area contributed by atoms with E-state index in [-0.39, 0.29) is 24.3 Å². The Balaban J connectivity index is 2.16. The van der Waals surface area contributed by atoms with Gasteiger partial charge in [0.25, 0.3) is 0 Å². The van der Waals surface area contributed by atoms with Crippen LogP contribution in [0.5, 0.6) is 5.75 Å². The van der Waals surface area contributed by atoms with E-state index in [4.69, 9.17) is 4.74 Å². The molecule has 1 unspecified atom stereocenters. The molecule has 6 nitrogen and oxygen atoms in total. The quantitative estimate of drug-likeness (QED) is 0.819. The largest absolute Gasteiger partial charge is 0.496 e. The van der Waals surface area contributed by atoms with Crippen molar-refractivity contribution in [3.05, 3.63) is 28.8 Å². The fraction of sp³-hybridized carbons (Fsp3) is 0.579. The number of nitrogens with zero attached hydrogens (tertiary/aromatic N) is 1. The molecule has 0 aromatic heterocycles. The average Bonchev–Trinajstić information content (AvgIpc) is 2.54. The first-order valence-corrected chi connectivity index (χ1v) is 8.77. The molecule has 0 aliphatic carbocycles. The summed E-state index contributed by atoms with van der Waals surface area (Å²) in [7, 11) is 1.67. The van der Waals surface area contributed by atoms with E-state index in [1.54, 1.807) is 7.11 Å². The van der Waals surface area contributed by atoms with Crippen molar-refractivity contribution in [1.82, 2.24) is 15.5 Å². The Labute approximate surface area is 149 Å². The number of hydrogen-bond acceptors (Lipinski definition) is 4. The molecule has 6 heteroatoms. The number of methoxy groups -OCH3 is 1. The number of carbonyl (C=O) groups excluding carboxylic acids is 2. The summed E-state index contributed by atoms with van der Waals surface area (Å²) in [4.78, 5) is 26.5. The maximum Gasteiger partial charge on any atom is 0.237 e. The van der Waals surface area contributed by atoms with E-state index in [1.807, 2.05) is 32.9 Å². The van der Waals surface area contributed by atoms with Gasteiger partial charge >= 0.3 is 0 Å². The Kier molecular flexibility index (Phi) is 6.42. The summed E-state index contributed by atoms with van der Waals surface area (Å²) in [6, 6.07) is 3.63. The highest BCUT2D eigenvalue weighted by Crippen LogP contribution is 2.25. The van der Waals surface area contributed by atoms with E-state index in [0.29, 0.717) is 13.1 Å². The first-order chi connectivity index (χ1) is 11.8. The Bertz CT molecular complexity index is 643. The molecule has 1 saturated heterocycles. The third-order valence-electron chi connectivity index (χ3n) is 4.71. The van der Waals surface area contributed by atoms with Crippen LogP contribution in [0.4, 0.5) is 0 Å². The number of piperazine rings is 1. The van der Waals surface area contributed by atoms with Gasteiger partial charge in [0.2, 0.25) is 11.8 Å². The fourth-order valence-corrected chi connectivity index (χ4v) is 3.19. The van der Waals surface area contributed by atoms with E-state index in [1.165, 1.54) is 0 Å². The molecule has 0 spiro atoms. The van der Waals surface area contributed by atoms with E-state index in [9.17, 15) is 9.59 Å². The Morgan fingerprint density at radius 2 is 2.08 bits per heavy atom. The Hall–Kier alpha value is -2.08.